The minimum Gasteiger partial charge on any atom is -0.496 e. The number of carbonyl (C=O) groups excluding carboxylic acids is 1. The van der Waals surface area contributed by atoms with E-state index in [0.29, 0.717) is 5.75 Å². The van der Waals surface area contributed by atoms with Gasteiger partial charge in [0.1, 0.15) is 28.4 Å². The van der Waals surface area contributed by atoms with Gasteiger partial charge in [0, 0.05) is 18.2 Å². The Bertz CT molecular complexity index is 731. The molecule has 0 saturated carbocycles. The number of ether oxygens (including phenoxy) is 3. The monoisotopic (exact) mass is 317 g/mol. The summed E-state index contributed by atoms with van der Waals surface area (Å²) in [5, 5.41) is 11.1. The zero-order valence-corrected chi connectivity index (χ0v) is 12.9. The van der Waals surface area contributed by atoms with Crippen molar-refractivity contribution in [2.45, 2.75) is 0 Å². The quantitative estimate of drug-likeness (QED) is 0.462. The standard InChI is InChI=1S/C16H15NO6/c1-21-10-8-13(22-2)15(14(9-10)23-3)16(18)11-6-4-5-7-12(11)17(19)20/h4-9H,1-3H3. The fourth-order valence-corrected chi connectivity index (χ4v) is 2.19. The topological polar surface area (TPSA) is 87.9 Å². The van der Waals surface area contributed by atoms with Gasteiger partial charge in [0.25, 0.3) is 5.69 Å². The summed E-state index contributed by atoms with van der Waals surface area (Å²) in [6.45, 7) is 0. The smallest absolute Gasteiger partial charge is 0.280 e. The predicted octanol–water partition coefficient (Wildman–Crippen LogP) is 2.85. The lowest BCUT2D eigenvalue weighted by Crippen LogP contribution is -2.09. The molecule has 7 nitrogen and oxygen atoms in total. The molecule has 0 saturated heterocycles. The average molecular weight is 317 g/mol. The molecular formula is C16H15NO6. The number of ketones is 1. The molecule has 7 heteroatoms. The number of rotatable bonds is 6. The molecule has 0 radical (unpaired) electrons. The maximum absolute atomic E-state index is 12.8. The van der Waals surface area contributed by atoms with E-state index in [2.05, 4.69) is 0 Å². The third kappa shape index (κ3) is 3.08. The van der Waals surface area contributed by atoms with Gasteiger partial charge in [-0.25, -0.2) is 0 Å². The van der Waals surface area contributed by atoms with E-state index in [9.17, 15) is 14.9 Å². The molecule has 0 unspecified atom stereocenters. The molecule has 0 fully saturated rings. The van der Waals surface area contributed by atoms with Crippen molar-refractivity contribution in [3.05, 3.63) is 57.6 Å². The van der Waals surface area contributed by atoms with Gasteiger partial charge in [-0.2, -0.15) is 0 Å². The van der Waals surface area contributed by atoms with Crippen LogP contribution >= 0.6 is 0 Å². The minimum absolute atomic E-state index is 0.0423. The molecule has 0 spiro atoms. The first-order valence-corrected chi connectivity index (χ1v) is 6.61. The molecule has 23 heavy (non-hydrogen) atoms. The van der Waals surface area contributed by atoms with Crippen LogP contribution in [0.3, 0.4) is 0 Å². The van der Waals surface area contributed by atoms with Crippen LogP contribution in [-0.2, 0) is 0 Å². The number of nitrogens with zero attached hydrogens (tertiary/aromatic N) is 1. The molecule has 0 N–H and O–H groups in total. The second-order valence-corrected chi connectivity index (χ2v) is 4.51. The molecular weight excluding hydrogens is 302 g/mol. The van der Waals surface area contributed by atoms with Crippen LogP contribution in [0.5, 0.6) is 17.2 Å². The first kappa shape index (κ1) is 16.3. The summed E-state index contributed by atoms with van der Waals surface area (Å²) in [5.74, 6) is 0.306. The van der Waals surface area contributed by atoms with E-state index in [0.717, 1.165) is 0 Å². The van der Waals surface area contributed by atoms with E-state index >= 15 is 0 Å². The van der Waals surface area contributed by atoms with Crippen LogP contribution < -0.4 is 14.2 Å². The van der Waals surface area contributed by atoms with Gasteiger partial charge < -0.3 is 14.2 Å². The molecule has 0 atom stereocenters. The maximum Gasteiger partial charge on any atom is 0.280 e. The summed E-state index contributed by atoms with van der Waals surface area (Å²) >= 11 is 0. The van der Waals surface area contributed by atoms with Gasteiger partial charge in [-0.3, -0.25) is 14.9 Å². The predicted molar refractivity (Wildman–Crippen MR) is 82.6 cm³/mol. The summed E-state index contributed by atoms with van der Waals surface area (Å²) in [6, 6.07) is 8.76. The van der Waals surface area contributed by atoms with Crippen LogP contribution in [0.25, 0.3) is 0 Å². The molecule has 0 aliphatic heterocycles. The van der Waals surface area contributed by atoms with Gasteiger partial charge in [-0.1, -0.05) is 12.1 Å². The lowest BCUT2D eigenvalue weighted by Gasteiger charge is -2.14. The Morgan fingerprint density at radius 1 is 1.00 bits per heavy atom. The summed E-state index contributed by atoms with van der Waals surface area (Å²) < 4.78 is 15.6. The number of nitro benzene ring substituents is 1. The second kappa shape index (κ2) is 6.78. The molecule has 0 aliphatic carbocycles. The van der Waals surface area contributed by atoms with Gasteiger partial charge in [0.2, 0.25) is 5.78 Å². The van der Waals surface area contributed by atoms with Gasteiger partial charge in [0.05, 0.1) is 26.3 Å². The number of hydrogen-bond acceptors (Lipinski definition) is 6. The largest absolute Gasteiger partial charge is 0.496 e. The Hall–Kier alpha value is -3.09. The van der Waals surface area contributed by atoms with Gasteiger partial charge in [-0.15, -0.1) is 0 Å². The molecule has 2 aromatic rings. The third-order valence-corrected chi connectivity index (χ3v) is 3.29. The van der Waals surface area contributed by atoms with Crippen molar-refractivity contribution < 1.29 is 23.9 Å². The van der Waals surface area contributed by atoms with Crippen molar-refractivity contribution in [3.63, 3.8) is 0 Å². The molecule has 0 bridgehead atoms. The molecule has 2 aromatic carbocycles. The van der Waals surface area contributed by atoms with Crippen molar-refractivity contribution in [1.29, 1.82) is 0 Å². The molecule has 120 valence electrons. The van der Waals surface area contributed by atoms with Crippen molar-refractivity contribution in [2.75, 3.05) is 21.3 Å². The van der Waals surface area contributed by atoms with Crippen LogP contribution in [0.15, 0.2) is 36.4 Å². The number of para-hydroxylation sites is 1. The summed E-state index contributed by atoms with van der Waals surface area (Å²) in [6.07, 6.45) is 0. The van der Waals surface area contributed by atoms with Crippen LogP contribution in [0.4, 0.5) is 5.69 Å². The van der Waals surface area contributed by atoms with Gasteiger partial charge in [0.15, 0.2) is 0 Å². The molecule has 0 aliphatic rings. The van der Waals surface area contributed by atoms with E-state index < -0.39 is 10.7 Å². The highest BCUT2D eigenvalue weighted by atomic mass is 16.6. The maximum atomic E-state index is 12.8. The molecule has 0 amide bonds. The Balaban J connectivity index is 2.66. The highest BCUT2D eigenvalue weighted by Crippen LogP contribution is 2.36. The summed E-state index contributed by atoms with van der Waals surface area (Å²) in [7, 11) is 4.26. The Kier molecular flexibility index (Phi) is 4.80. The van der Waals surface area contributed by atoms with Crippen LogP contribution in [0, 0.1) is 10.1 Å². The number of benzene rings is 2. The fraction of sp³-hybridized carbons (Fsp3) is 0.188. The first-order chi connectivity index (χ1) is 11.0. The van der Waals surface area contributed by atoms with Crippen molar-refractivity contribution in [3.8, 4) is 17.2 Å². The normalized spacial score (nSPS) is 10.0. The zero-order valence-electron chi connectivity index (χ0n) is 12.9. The van der Waals surface area contributed by atoms with Crippen molar-refractivity contribution in [2.24, 2.45) is 0 Å². The van der Waals surface area contributed by atoms with Gasteiger partial charge >= 0.3 is 0 Å². The summed E-state index contributed by atoms with van der Waals surface area (Å²) in [4.78, 5) is 23.4. The lowest BCUT2D eigenvalue weighted by atomic mass is 9.99. The van der Waals surface area contributed by atoms with E-state index in [-0.39, 0.29) is 28.3 Å². The number of carbonyl (C=O) groups is 1. The molecule has 0 heterocycles. The van der Waals surface area contributed by atoms with Crippen LogP contribution in [0.2, 0.25) is 0 Å². The Morgan fingerprint density at radius 3 is 2.04 bits per heavy atom. The second-order valence-electron chi connectivity index (χ2n) is 4.51. The molecule has 2 rings (SSSR count). The van der Waals surface area contributed by atoms with Crippen LogP contribution in [0.1, 0.15) is 15.9 Å². The van der Waals surface area contributed by atoms with E-state index in [1.165, 1.54) is 51.7 Å². The van der Waals surface area contributed by atoms with E-state index in [1.54, 1.807) is 6.07 Å². The highest BCUT2D eigenvalue weighted by Gasteiger charge is 2.27. The zero-order chi connectivity index (χ0) is 17.0. The first-order valence-electron chi connectivity index (χ1n) is 6.61. The van der Waals surface area contributed by atoms with Crippen LogP contribution in [-0.4, -0.2) is 32.0 Å². The number of hydrogen-bond donors (Lipinski definition) is 0. The van der Waals surface area contributed by atoms with Crippen molar-refractivity contribution in [1.82, 2.24) is 0 Å². The Labute approximate surface area is 132 Å². The van der Waals surface area contributed by atoms with E-state index in [4.69, 9.17) is 14.2 Å². The van der Waals surface area contributed by atoms with Gasteiger partial charge in [-0.05, 0) is 6.07 Å². The average Bonchev–Trinajstić information content (AvgIpc) is 2.59. The SMILES string of the molecule is COc1cc(OC)c(C(=O)c2ccccc2[N+](=O)[O-])c(OC)c1. The Morgan fingerprint density at radius 2 is 1.57 bits per heavy atom. The molecule has 0 aromatic heterocycles. The number of methoxy groups -OCH3 is 3. The highest BCUT2D eigenvalue weighted by molar-refractivity contribution is 6.14. The minimum atomic E-state index is -0.601. The lowest BCUT2D eigenvalue weighted by molar-refractivity contribution is -0.385. The fourth-order valence-electron chi connectivity index (χ4n) is 2.19. The summed E-state index contributed by atoms with van der Waals surface area (Å²) in [5.41, 5.74) is -0.221. The van der Waals surface area contributed by atoms with Crippen molar-refractivity contribution >= 4 is 11.5 Å². The third-order valence-electron chi connectivity index (χ3n) is 3.29. The number of nitro groups is 1. The van der Waals surface area contributed by atoms with E-state index in [1.807, 2.05) is 0 Å².